The van der Waals surface area contributed by atoms with Crippen molar-refractivity contribution in [3.63, 3.8) is 0 Å². The molecule has 7 heteroatoms. The zero-order valence-corrected chi connectivity index (χ0v) is 21.2. The van der Waals surface area contributed by atoms with Crippen LogP contribution in [-0.2, 0) is 0 Å². The van der Waals surface area contributed by atoms with Crippen LogP contribution in [0.25, 0.3) is 0 Å². The fraction of sp³-hybridized carbons (Fsp3) is 0.786. The number of halogens is 3. The van der Waals surface area contributed by atoms with E-state index in [1.165, 1.54) is 5.57 Å². The number of nitrogens with zero attached hydrogens (tertiary/aromatic N) is 1. The van der Waals surface area contributed by atoms with Gasteiger partial charge in [-0.25, -0.2) is 0 Å². The SMILES string of the molecule is C=C1C(=CC=C2CCC[C@]3(C)[C@@H]([C@H](C)CN4CCCC(O)(C(F)(F)F)C4)CC[C@@H]23)C[C@@H](O)C[C@@H]1O. The van der Waals surface area contributed by atoms with Crippen LogP contribution < -0.4 is 0 Å². The number of likely N-dealkylation sites (tertiary alicyclic amines) is 1. The maximum absolute atomic E-state index is 13.4. The molecule has 3 N–H and O–H groups in total. The zero-order valence-electron chi connectivity index (χ0n) is 21.2. The number of alkyl halides is 3. The molecule has 4 nitrogen and oxygen atoms in total. The van der Waals surface area contributed by atoms with Crippen LogP contribution in [0, 0.1) is 23.2 Å². The highest BCUT2D eigenvalue weighted by atomic mass is 19.4. The standard InChI is InChI=1S/C28H42F3NO3/c1-18(16-32-13-5-12-27(35,17-32)28(29,30)31)23-9-10-24-20(6-4-11-26(23,24)3)7-8-21-14-22(33)15-25(34)19(21)2/h7-8,18,22-25,33-35H,2,4-6,9-17H2,1,3H3/t18-,22-,23-,24+,25+,26-,27?/m1/s1. The number of allylic oxidation sites excluding steroid dienone is 3. The summed E-state index contributed by atoms with van der Waals surface area (Å²) in [6, 6.07) is 0. The van der Waals surface area contributed by atoms with E-state index < -0.39 is 24.0 Å². The lowest BCUT2D eigenvalue weighted by Crippen LogP contribution is -2.57. The highest BCUT2D eigenvalue weighted by Gasteiger charge is 2.56. The van der Waals surface area contributed by atoms with Crippen molar-refractivity contribution in [2.45, 2.75) is 95.6 Å². The summed E-state index contributed by atoms with van der Waals surface area (Å²) in [6.45, 7) is 9.43. The Bertz CT molecular complexity index is 868. The molecular formula is C28H42F3NO3. The topological polar surface area (TPSA) is 63.9 Å². The summed E-state index contributed by atoms with van der Waals surface area (Å²) in [5, 5.41) is 30.4. The van der Waals surface area contributed by atoms with E-state index in [0.29, 0.717) is 49.8 Å². The first kappa shape index (κ1) is 26.9. The molecule has 1 aliphatic heterocycles. The van der Waals surface area contributed by atoms with Crippen molar-refractivity contribution < 1.29 is 28.5 Å². The van der Waals surface area contributed by atoms with Gasteiger partial charge in [0, 0.05) is 19.5 Å². The second-order valence-electron chi connectivity index (χ2n) is 12.0. The summed E-state index contributed by atoms with van der Waals surface area (Å²) in [4.78, 5) is 1.83. The summed E-state index contributed by atoms with van der Waals surface area (Å²) in [5.74, 6) is 1.13. The third kappa shape index (κ3) is 5.29. The third-order valence-electron chi connectivity index (χ3n) is 9.61. The molecule has 4 fully saturated rings. The molecule has 35 heavy (non-hydrogen) atoms. The maximum atomic E-state index is 13.4. The molecule has 0 aromatic carbocycles. The van der Waals surface area contributed by atoms with Gasteiger partial charge >= 0.3 is 6.18 Å². The van der Waals surface area contributed by atoms with Gasteiger partial charge < -0.3 is 15.3 Å². The Kier molecular flexibility index (Phi) is 7.65. The molecule has 0 bridgehead atoms. The second-order valence-corrected chi connectivity index (χ2v) is 12.0. The van der Waals surface area contributed by atoms with Crippen LogP contribution in [0.4, 0.5) is 13.2 Å². The minimum absolute atomic E-state index is 0.112. The number of aliphatic hydroxyl groups excluding tert-OH is 2. The van der Waals surface area contributed by atoms with Gasteiger partial charge in [-0.05, 0) is 92.2 Å². The van der Waals surface area contributed by atoms with Crippen LogP contribution in [0.2, 0.25) is 0 Å². The van der Waals surface area contributed by atoms with E-state index in [9.17, 15) is 28.5 Å². The molecule has 1 heterocycles. The number of fused-ring (bicyclic) bond motifs is 1. The molecule has 1 unspecified atom stereocenters. The molecule has 0 radical (unpaired) electrons. The summed E-state index contributed by atoms with van der Waals surface area (Å²) >= 11 is 0. The van der Waals surface area contributed by atoms with Gasteiger partial charge in [0.25, 0.3) is 0 Å². The predicted molar refractivity (Wildman–Crippen MR) is 131 cm³/mol. The van der Waals surface area contributed by atoms with E-state index in [1.807, 2.05) is 11.0 Å². The van der Waals surface area contributed by atoms with E-state index in [4.69, 9.17) is 0 Å². The van der Waals surface area contributed by atoms with Crippen molar-refractivity contribution in [1.82, 2.24) is 4.90 Å². The number of hydrogen-bond donors (Lipinski definition) is 3. The van der Waals surface area contributed by atoms with Crippen molar-refractivity contribution in [3.8, 4) is 0 Å². The molecule has 0 aromatic heterocycles. The highest BCUT2D eigenvalue weighted by Crippen LogP contribution is 2.59. The van der Waals surface area contributed by atoms with Crippen LogP contribution in [0.15, 0.2) is 35.5 Å². The van der Waals surface area contributed by atoms with Gasteiger partial charge in [-0.15, -0.1) is 0 Å². The monoisotopic (exact) mass is 497 g/mol. The van der Waals surface area contributed by atoms with Crippen LogP contribution in [0.3, 0.4) is 0 Å². The smallest absolute Gasteiger partial charge is 0.393 e. The van der Waals surface area contributed by atoms with Crippen molar-refractivity contribution in [2.75, 3.05) is 19.6 Å². The highest BCUT2D eigenvalue weighted by molar-refractivity contribution is 5.38. The number of piperidine rings is 1. The average molecular weight is 498 g/mol. The molecule has 0 spiro atoms. The molecule has 4 aliphatic rings. The Labute approximate surface area is 207 Å². The lowest BCUT2D eigenvalue weighted by molar-refractivity contribution is -0.274. The fourth-order valence-corrected chi connectivity index (χ4v) is 7.72. The molecule has 198 valence electrons. The van der Waals surface area contributed by atoms with Crippen molar-refractivity contribution in [2.24, 2.45) is 23.2 Å². The third-order valence-corrected chi connectivity index (χ3v) is 9.61. The number of rotatable bonds is 4. The first-order chi connectivity index (χ1) is 16.3. The summed E-state index contributed by atoms with van der Waals surface area (Å²) in [5.41, 5.74) is 0.546. The van der Waals surface area contributed by atoms with Gasteiger partial charge in [-0.3, -0.25) is 4.90 Å². The van der Waals surface area contributed by atoms with E-state index in [0.717, 1.165) is 37.7 Å². The second kappa shape index (κ2) is 9.96. The molecule has 3 saturated carbocycles. The average Bonchev–Trinajstić information content (AvgIpc) is 3.12. The predicted octanol–water partition coefficient (Wildman–Crippen LogP) is 5.15. The fourth-order valence-electron chi connectivity index (χ4n) is 7.72. The summed E-state index contributed by atoms with van der Waals surface area (Å²) in [6.07, 6.45) is 4.80. The van der Waals surface area contributed by atoms with E-state index >= 15 is 0 Å². The number of β-amino-alcohol motifs (C(OH)–C–C–N with tert-alkyl or cyclic N) is 1. The van der Waals surface area contributed by atoms with Gasteiger partial charge in [0.2, 0.25) is 0 Å². The van der Waals surface area contributed by atoms with E-state index in [2.05, 4.69) is 26.5 Å². The first-order valence-corrected chi connectivity index (χ1v) is 13.3. The Hall–Kier alpha value is -1.15. The Morgan fingerprint density at radius 3 is 2.63 bits per heavy atom. The molecule has 7 atom stereocenters. The van der Waals surface area contributed by atoms with Crippen LogP contribution in [-0.4, -0.2) is 63.8 Å². The van der Waals surface area contributed by atoms with Gasteiger partial charge in [0.15, 0.2) is 5.60 Å². The molecule has 0 aromatic rings. The van der Waals surface area contributed by atoms with Crippen molar-refractivity contribution >= 4 is 0 Å². The summed E-state index contributed by atoms with van der Waals surface area (Å²) < 4.78 is 40.2. The van der Waals surface area contributed by atoms with Gasteiger partial charge in [0.1, 0.15) is 0 Å². The molecule has 3 aliphatic carbocycles. The first-order valence-electron chi connectivity index (χ1n) is 13.3. The quantitative estimate of drug-likeness (QED) is 0.503. The van der Waals surface area contributed by atoms with Gasteiger partial charge in [-0.1, -0.05) is 38.2 Å². The lowest BCUT2D eigenvalue weighted by Gasteiger charge is -2.46. The molecule has 4 rings (SSSR count). The normalized spacial score (nSPS) is 42.5. The van der Waals surface area contributed by atoms with E-state index in [1.54, 1.807) is 0 Å². The molecular weight excluding hydrogens is 455 g/mol. The Balaban J connectivity index is 1.46. The minimum atomic E-state index is -4.59. The molecule has 0 amide bonds. The number of hydrogen-bond acceptors (Lipinski definition) is 4. The van der Waals surface area contributed by atoms with Crippen LogP contribution in [0.1, 0.15) is 71.6 Å². The van der Waals surface area contributed by atoms with Gasteiger partial charge in [0.05, 0.1) is 12.2 Å². The Morgan fingerprint density at radius 2 is 1.91 bits per heavy atom. The van der Waals surface area contributed by atoms with Crippen LogP contribution in [0.5, 0.6) is 0 Å². The zero-order chi connectivity index (χ0) is 25.6. The largest absolute Gasteiger partial charge is 0.418 e. The maximum Gasteiger partial charge on any atom is 0.418 e. The summed E-state index contributed by atoms with van der Waals surface area (Å²) in [7, 11) is 0. The van der Waals surface area contributed by atoms with Crippen molar-refractivity contribution in [1.29, 1.82) is 0 Å². The lowest BCUT2D eigenvalue weighted by atomic mass is 9.61. The number of aliphatic hydroxyl groups is 3. The minimum Gasteiger partial charge on any atom is -0.393 e. The van der Waals surface area contributed by atoms with E-state index in [-0.39, 0.29) is 24.3 Å². The Morgan fingerprint density at radius 1 is 1.17 bits per heavy atom. The van der Waals surface area contributed by atoms with Crippen molar-refractivity contribution in [3.05, 3.63) is 35.5 Å². The van der Waals surface area contributed by atoms with Gasteiger partial charge in [-0.2, -0.15) is 13.2 Å². The molecule has 1 saturated heterocycles. The van der Waals surface area contributed by atoms with Crippen LogP contribution >= 0.6 is 0 Å².